The average Bonchev–Trinajstić information content (AvgIpc) is 2.41. The van der Waals surface area contributed by atoms with Crippen molar-refractivity contribution in [3.05, 3.63) is 61.7 Å². The molecule has 19 heavy (non-hydrogen) atoms. The Morgan fingerprint density at radius 2 is 1.89 bits per heavy atom. The predicted molar refractivity (Wildman–Crippen MR) is 78.3 cm³/mol. The molecule has 0 aliphatic carbocycles. The van der Waals surface area contributed by atoms with E-state index in [2.05, 4.69) is 0 Å². The normalized spacial score (nSPS) is 10.2. The molecule has 2 rings (SSSR count). The standard InChI is InChI=1S/C13H10INO4/c14-10-3-6-13(12(7-10)15(17)18)19-11-4-1-9(8-16)2-5-11/h1-7,16H,8H2. The number of hydrogen-bond acceptors (Lipinski definition) is 4. The number of ether oxygens (including phenoxy) is 1. The van der Waals surface area contributed by atoms with E-state index in [1.165, 1.54) is 6.07 Å². The Bertz CT molecular complexity index is 598. The smallest absolute Gasteiger partial charge is 0.312 e. The first kappa shape index (κ1) is 13.8. The fourth-order valence-electron chi connectivity index (χ4n) is 1.51. The molecule has 0 amide bonds. The van der Waals surface area contributed by atoms with Gasteiger partial charge in [0, 0.05) is 9.64 Å². The van der Waals surface area contributed by atoms with Gasteiger partial charge in [0.1, 0.15) is 5.75 Å². The monoisotopic (exact) mass is 371 g/mol. The Kier molecular flexibility index (Phi) is 4.33. The minimum Gasteiger partial charge on any atom is -0.450 e. The van der Waals surface area contributed by atoms with Crippen LogP contribution >= 0.6 is 22.6 Å². The van der Waals surface area contributed by atoms with E-state index >= 15 is 0 Å². The van der Waals surface area contributed by atoms with E-state index in [0.717, 1.165) is 9.13 Å². The Hall–Kier alpha value is -1.67. The molecule has 0 atom stereocenters. The Morgan fingerprint density at radius 3 is 2.47 bits per heavy atom. The van der Waals surface area contributed by atoms with Crippen molar-refractivity contribution >= 4 is 28.3 Å². The highest BCUT2D eigenvalue weighted by molar-refractivity contribution is 14.1. The van der Waals surface area contributed by atoms with Crippen molar-refractivity contribution in [3.63, 3.8) is 0 Å². The summed E-state index contributed by atoms with van der Waals surface area (Å²) in [5.41, 5.74) is 0.683. The van der Waals surface area contributed by atoms with Gasteiger partial charge in [0.05, 0.1) is 11.5 Å². The van der Waals surface area contributed by atoms with E-state index in [-0.39, 0.29) is 18.0 Å². The van der Waals surface area contributed by atoms with Crippen LogP contribution in [0.4, 0.5) is 5.69 Å². The van der Waals surface area contributed by atoms with Gasteiger partial charge in [-0.1, -0.05) is 12.1 Å². The molecule has 0 saturated heterocycles. The number of hydrogen-bond donors (Lipinski definition) is 1. The third kappa shape index (κ3) is 3.42. The van der Waals surface area contributed by atoms with Crippen LogP contribution in [0.1, 0.15) is 5.56 Å². The lowest BCUT2D eigenvalue weighted by molar-refractivity contribution is -0.385. The number of aliphatic hydroxyl groups excluding tert-OH is 1. The van der Waals surface area contributed by atoms with Crippen LogP contribution in [-0.4, -0.2) is 10.0 Å². The third-order valence-electron chi connectivity index (χ3n) is 2.45. The van der Waals surface area contributed by atoms with Gasteiger partial charge in [-0.05, 0) is 52.4 Å². The van der Waals surface area contributed by atoms with Crippen molar-refractivity contribution in [1.82, 2.24) is 0 Å². The van der Waals surface area contributed by atoms with E-state index in [0.29, 0.717) is 5.75 Å². The number of nitro groups is 1. The maximum atomic E-state index is 11.0. The van der Waals surface area contributed by atoms with E-state index in [4.69, 9.17) is 9.84 Å². The first-order valence-corrected chi connectivity index (χ1v) is 6.49. The van der Waals surface area contributed by atoms with Crippen molar-refractivity contribution in [2.24, 2.45) is 0 Å². The SMILES string of the molecule is O=[N+]([O-])c1cc(I)ccc1Oc1ccc(CO)cc1. The zero-order chi connectivity index (χ0) is 13.8. The van der Waals surface area contributed by atoms with Crippen LogP contribution in [0.3, 0.4) is 0 Å². The molecule has 1 N–H and O–H groups in total. The summed E-state index contributed by atoms with van der Waals surface area (Å²) in [6.45, 7) is -0.0516. The maximum absolute atomic E-state index is 11.0. The lowest BCUT2D eigenvalue weighted by atomic mass is 10.2. The molecule has 0 unspecified atom stereocenters. The Labute approximate surface area is 123 Å². The third-order valence-corrected chi connectivity index (χ3v) is 3.12. The summed E-state index contributed by atoms with van der Waals surface area (Å²) in [7, 11) is 0. The molecule has 0 radical (unpaired) electrons. The molecule has 6 heteroatoms. The van der Waals surface area contributed by atoms with Gasteiger partial charge < -0.3 is 9.84 Å². The minimum atomic E-state index is -0.473. The molecular weight excluding hydrogens is 361 g/mol. The number of rotatable bonds is 4. The molecule has 2 aromatic rings. The Balaban J connectivity index is 2.29. The second kappa shape index (κ2) is 5.98. The van der Waals surface area contributed by atoms with Gasteiger partial charge in [-0.25, -0.2) is 0 Å². The lowest BCUT2D eigenvalue weighted by Crippen LogP contribution is -1.94. The van der Waals surface area contributed by atoms with Crippen LogP contribution in [0.25, 0.3) is 0 Å². The summed E-state index contributed by atoms with van der Waals surface area (Å²) in [4.78, 5) is 10.5. The Morgan fingerprint density at radius 1 is 1.21 bits per heavy atom. The second-order valence-electron chi connectivity index (χ2n) is 3.77. The lowest BCUT2D eigenvalue weighted by Gasteiger charge is -2.07. The van der Waals surface area contributed by atoms with Gasteiger partial charge in [-0.3, -0.25) is 10.1 Å². The maximum Gasteiger partial charge on any atom is 0.312 e. The largest absolute Gasteiger partial charge is 0.450 e. The zero-order valence-electron chi connectivity index (χ0n) is 9.75. The second-order valence-corrected chi connectivity index (χ2v) is 5.02. The molecule has 2 aromatic carbocycles. The quantitative estimate of drug-likeness (QED) is 0.508. The molecule has 0 aromatic heterocycles. The highest BCUT2D eigenvalue weighted by atomic mass is 127. The van der Waals surface area contributed by atoms with Crippen LogP contribution < -0.4 is 4.74 Å². The molecular formula is C13H10INO4. The van der Waals surface area contributed by atoms with Crippen molar-refractivity contribution in [3.8, 4) is 11.5 Å². The number of aliphatic hydroxyl groups is 1. The zero-order valence-corrected chi connectivity index (χ0v) is 11.9. The number of halogens is 1. The van der Waals surface area contributed by atoms with Gasteiger partial charge in [0.2, 0.25) is 5.75 Å². The van der Waals surface area contributed by atoms with Crippen molar-refractivity contribution in [1.29, 1.82) is 0 Å². The fraction of sp³-hybridized carbons (Fsp3) is 0.0769. The van der Waals surface area contributed by atoms with E-state index in [1.807, 2.05) is 22.6 Å². The summed E-state index contributed by atoms with van der Waals surface area (Å²) in [6, 6.07) is 11.5. The van der Waals surface area contributed by atoms with E-state index in [1.54, 1.807) is 36.4 Å². The minimum absolute atomic E-state index is 0.0516. The van der Waals surface area contributed by atoms with Gasteiger partial charge in [-0.2, -0.15) is 0 Å². The van der Waals surface area contributed by atoms with Crippen LogP contribution in [-0.2, 0) is 6.61 Å². The average molecular weight is 371 g/mol. The van der Waals surface area contributed by atoms with Crippen LogP contribution in [0.2, 0.25) is 0 Å². The fourth-order valence-corrected chi connectivity index (χ4v) is 1.98. The summed E-state index contributed by atoms with van der Waals surface area (Å²) in [6.07, 6.45) is 0. The van der Waals surface area contributed by atoms with Crippen molar-refractivity contribution in [2.45, 2.75) is 6.61 Å². The van der Waals surface area contributed by atoms with Crippen LogP contribution in [0, 0.1) is 13.7 Å². The van der Waals surface area contributed by atoms with Gasteiger partial charge in [0.25, 0.3) is 0 Å². The highest BCUT2D eigenvalue weighted by Crippen LogP contribution is 2.32. The van der Waals surface area contributed by atoms with Crippen molar-refractivity contribution < 1.29 is 14.8 Å². The molecule has 0 bridgehead atoms. The summed E-state index contributed by atoms with van der Waals surface area (Å²) >= 11 is 2.01. The molecule has 0 saturated carbocycles. The molecule has 0 aliphatic rings. The summed E-state index contributed by atoms with van der Waals surface area (Å²) in [5.74, 6) is 0.684. The molecule has 0 fully saturated rings. The molecule has 0 heterocycles. The van der Waals surface area contributed by atoms with Gasteiger partial charge in [0.15, 0.2) is 0 Å². The molecule has 0 aliphatic heterocycles. The first-order chi connectivity index (χ1) is 9.10. The number of benzene rings is 2. The molecule has 98 valence electrons. The highest BCUT2D eigenvalue weighted by Gasteiger charge is 2.16. The summed E-state index contributed by atoms with van der Waals surface area (Å²) < 4.78 is 6.27. The van der Waals surface area contributed by atoms with Crippen molar-refractivity contribution in [2.75, 3.05) is 0 Å². The van der Waals surface area contributed by atoms with Crippen LogP contribution in [0.15, 0.2) is 42.5 Å². The molecule has 0 spiro atoms. The summed E-state index contributed by atoms with van der Waals surface area (Å²) in [5, 5.41) is 19.9. The van der Waals surface area contributed by atoms with Gasteiger partial charge >= 0.3 is 5.69 Å². The number of nitro benzene ring substituents is 1. The van der Waals surface area contributed by atoms with E-state index in [9.17, 15) is 10.1 Å². The predicted octanol–water partition coefficient (Wildman–Crippen LogP) is 3.48. The van der Waals surface area contributed by atoms with Crippen LogP contribution in [0.5, 0.6) is 11.5 Å². The van der Waals surface area contributed by atoms with Gasteiger partial charge in [-0.15, -0.1) is 0 Å². The molecule has 5 nitrogen and oxygen atoms in total. The van der Waals surface area contributed by atoms with E-state index < -0.39 is 4.92 Å². The number of nitrogens with zero attached hydrogens (tertiary/aromatic N) is 1. The first-order valence-electron chi connectivity index (χ1n) is 5.42. The topological polar surface area (TPSA) is 72.6 Å².